The van der Waals surface area contributed by atoms with Gasteiger partial charge in [-0.2, -0.15) is 0 Å². The highest BCUT2D eigenvalue weighted by molar-refractivity contribution is 6.31. The summed E-state index contributed by atoms with van der Waals surface area (Å²) in [6.45, 7) is 4.17. The van der Waals surface area contributed by atoms with Crippen LogP contribution in [0, 0.1) is 6.92 Å². The Hall–Kier alpha value is -1.28. The third-order valence-electron chi connectivity index (χ3n) is 5.00. The number of aryl methyl sites for hydroxylation is 1. The van der Waals surface area contributed by atoms with Crippen molar-refractivity contribution in [3.63, 3.8) is 0 Å². The van der Waals surface area contributed by atoms with E-state index in [4.69, 9.17) is 16.3 Å². The largest absolute Gasteiger partial charge is 0.427 e. The summed E-state index contributed by atoms with van der Waals surface area (Å²) in [7, 11) is 0. The SMILES string of the molecule is CCCCCCCC/C=C\CCCCCCCC(=O)Oc1ccc(Cl)c(C)c1. The molecule has 0 aliphatic rings. The molecule has 0 aromatic heterocycles. The Kier molecular flexibility index (Phi) is 14.7. The first-order valence-electron chi connectivity index (χ1n) is 11.2. The normalized spacial score (nSPS) is 11.2. The number of carbonyl (C=O) groups is 1. The second kappa shape index (κ2) is 16.7. The van der Waals surface area contributed by atoms with E-state index in [1.54, 1.807) is 18.2 Å². The highest BCUT2D eigenvalue weighted by Gasteiger charge is 2.06. The van der Waals surface area contributed by atoms with E-state index in [0.717, 1.165) is 18.4 Å². The summed E-state index contributed by atoms with van der Waals surface area (Å²) >= 11 is 5.98. The van der Waals surface area contributed by atoms with Gasteiger partial charge in [0.05, 0.1) is 0 Å². The third kappa shape index (κ3) is 13.0. The number of benzene rings is 1. The molecule has 0 atom stereocenters. The van der Waals surface area contributed by atoms with Crippen LogP contribution in [0.4, 0.5) is 0 Å². The molecule has 0 aliphatic heterocycles. The zero-order valence-corrected chi connectivity index (χ0v) is 18.7. The van der Waals surface area contributed by atoms with Gasteiger partial charge < -0.3 is 4.74 Å². The van der Waals surface area contributed by atoms with Gasteiger partial charge >= 0.3 is 5.97 Å². The quantitative estimate of drug-likeness (QED) is 0.119. The van der Waals surface area contributed by atoms with Gasteiger partial charge in [-0.05, 0) is 62.8 Å². The number of halogens is 1. The highest BCUT2D eigenvalue weighted by Crippen LogP contribution is 2.21. The van der Waals surface area contributed by atoms with E-state index < -0.39 is 0 Å². The Morgan fingerprint density at radius 1 is 0.893 bits per heavy atom. The van der Waals surface area contributed by atoms with E-state index in [9.17, 15) is 4.79 Å². The minimum absolute atomic E-state index is 0.153. The summed E-state index contributed by atoms with van der Waals surface area (Å²) in [4.78, 5) is 11.9. The molecule has 0 saturated carbocycles. The molecule has 1 aromatic rings. The molecule has 0 heterocycles. The van der Waals surface area contributed by atoms with Gasteiger partial charge in [0.1, 0.15) is 5.75 Å². The van der Waals surface area contributed by atoms with Crippen LogP contribution in [0.1, 0.15) is 102 Å². The van der Waals surface area contributed by atoms with Crippen molar-refractivity contribution in [2.24, 2.45) is 0 Å². The van der Waals surface area contributed by atoms with E-state index in [2.05, 4.69) is 19.1 Å². The van der Waals surface area contributed by atoms with Gasteiger partial charge in [0.2, 0.25) is 0 Å². The van der Waals surface area contributed by atoms with Gasteiger partial charge in [0.15, 0.2) is 0 Å². The average Bonchev–Trinajstić information content (AvgIpc) is 2.68. The van der Waals surface area contributed by atoms with Crippen molar-refractivity contribution in [1.82, 2.24) is 0 Å². The van der Waals surface area contributed by atoms with Crippen molar-refractivity contribution >= 4 is 17.6 Å². The zero-order valence-electron chi connectivity index (χ0n) is 18.0. The molecule has 0 amide bonds. The Bertz CT molecular complexity index is 566. The molecule has 1 rings (SSSR count). The fourth-order valence-corrected chi connectivity index (χ4v) is 3.32. The van der Waals surface area contributed by atoms with E-state index in [-0.39, 0.29) is 5.97 Å². The van der Waals surface area contributed by atoms with Crippen LogP contribution in [-0.2, 0) is 4.79 Å². The van der Waals surface area contributed by atoms with Crippen LogP contribution in [0.25, 0.3) is 0 Å². The number of hydrogen-bond acceptors (Lipinski definition) is 2. The van der Waals surface area contributed by atoms with Crippen LogP contribution >= 0.6 is 11.6 Å². The van der Waals surface area contributed by atoms with Crippen LogP contribution in [0.3, 0.4) is 0 Å². The molecule has 28 heavy (non-hydrogen) atoms. The summed E-state index contributed by atoms with van der Waals surface area (Å²) < 4.78 is 5.36. The second-order valence-corrected chi connectivity index (χ2v) is 8.13. The molecular formula is C25H39ClO2. The number of carbonyl (C=O) groups excluding carboxylic acids is 1. The van der Waals surface area contributed by atoms with Crippen LogP contribution in [-0.4, -0.2) is 5.97 Å². The first-order valence-corrected chi connectivity index (χ1v) is 11.6. The summed E-state index contributed by atoms with van der Waals surface area (Å²) in [5.41, 5.74) is 0.924. The predicted octanol–water partition coefficient (Wildman–Crippen LogP) is 8.59. The maximum atomic E-state index is 11.9. The summed E-state index contributed by atoms with van der Waals surface area (Å²) in [6.07, 6.45) is 21.5. The topological polar surface area (TPSA) is 26.3 Å². The van der Waals surface area contributed by atoms with Gasteiger partial charge in [-0.15, -0.1) is 0 Å². The van der Waals surface area contributed by atoms with Gasteiger partial charge in [0.25, 0.3) is 0 Å². The van der Waals surface area contributed by atoms with Crippen molar-refractivity contribution in [2.45, 2.75) is 104 Å². The van der Waals surface area contributed by atoms with E-state index in [1.165, 1.54) is 70.6 Å². The molecule has 2 nitrogen and oxygen atoms in total. The molecule has 158 valence electrons. The standard InChI is InChI=1S/C25H39ClO2/c1-3-4-5-6-7-8-9-10-11-12-13-14-15-16-17-18-25(27)28-23-19-20-24(26)22(2)21-23/h10-11,19-21H,3-9,12-18H2,1-2H3/b11-10-. The van der Waals surface area contributed by atoms with Crippen LogP contribution in [0.15, 0.2) is 30.4 Å². The molecule has 1 aromatic carbocycles. The maximum absolute atomic E-state index is 11.9. The lowest BCUT2D eigenvalue weighted by molar-refractivity contribution is -0.134. The lowest BCUT2D eigenvalue weighted by atomic mass is 10.1. The number of ether oxygens (including phenoxy) is 1. The fraction of sp³-hybridized carbons (Fsp3) is 0.640. The van der Waals surface area contributed by atoms with Gasteiger partial charge in [-0.25, -0.2) is 0 Å². The number of rotatable bonds is 16. The monoisotopic (exact) mass is 406 g/mol. The van der Waals surface area contributed by atoms with Crippen molar-refractivity contribution in [2.75, 3.05) is 0 Å². The second-order valence-electron chi connectivity index (χ2n) is 7.72. The first kappa shape index (κ1) is 24.8. The Morgan fingerprint density at radius 3 is 2.07 bits per heavy atom. The molecule has 3 heteroatoms. The molecule has 0 N–H and O–H groups in total. The van der Waals surface area contributed by atoms with Crippen molar-refractivity contribution < 1.29 is 9.53 Å². The lowest BCUT2D eigenvalue weighted by Crippen LogP contribution is -2.07. The third-order valence-corrected chi connectivity index (χ3v) is 5.43. The first-order chi connectivity index (χ1) is 13.6. The summed E-state index contributed by atoms with van der Waals surface area (Å²) in [6, 6.07) is 5.31. The predicted molar refractivity (Wildman–Crippen MR) is 121 cm³/mol. The molecule has 0 fully saturated rings. The number of unbranched alkanes of at least 4 members (excludes halogenated alkanes) is 11. The highest BCUT2D eigenvalue weighted by atomic mass is 35.5. The number of allylic oxidation sites excluding steroid dienone is 2. The number of esters is 1. The zero-order chi connectivity index (χ0) is 20.5. The fourth-order valence-electron chi connectivity index (χ4n) is 3.20. The van der Waals surface area contributed by atoms with Crippen molar-refractivity contribution in [3.8, 4) is 5.75 Å². The Balaban J connectivity index is 1.91. The molecule has 0 radical (unpaired) electrons. The van der Waals surface area contributed by atoms with E-state index in [0.29, 0.717) is 17.2 Å². The summed E-state index contributed by atoms with van der Waals surface area (Å²) in [5, 5.41) is 0.692. The smallest absolute Gasteiger partial charge is 0.311 e. The Labute approximate surface area is 177 Å². The van der Waals surface area contributed by atoms with Crippen LogP contribution < -0.4 is 4.74 Å². The van der Waals surface area contributed by atoms with Crippen molar-refractivity contribution in [1.29, 1.82) is 0 Å². The van der Waals surface area contributed by atoms with E-state index >= 15 is 0 Å². The van der Waals surface area contributed by atoms with Crippen molar-refractivity contribution in [3.05, 3.63) is 40.9 Å². The molecule has 0 saturated heterocycles. The Morgan fingerprint density at radius 2 is 1.46 bits per heavy atom. The molecule has 0 unspecified atom stereocenters. The van der Waals surface area contributed by atoms with Crippen LogP contribution in [0.5, 0.6) is 5.75 Å². The number of hydrogen-bond donors (Lipinski definition) is 0. The van der Waals surface area contributed by atoms with Gasteiger partial charge in [0, 0.05) is 11.4 Å². The summed E-state index contributed by atoms with van der Waals surface area (Å²) in [5.74, 6) is 0.430. The van der Waals surface area contributed by atoms with Crippen LogP contribution in [0.2, 0.25) is 5.02 Å². The van der Waals surface area contributed by atoms with Gasteiger partial charge in [-0.3, -0.25) is 4.79 Å². The van der Waals surface area contributed by atoms with Gasteiger partial charge in [-0.1, -0.05) is 82.0 Å². The molecule has 0 aliphatic carbocycles. The minimum Gasteiger partial charge on any atom is -0.427 e. The minimum atomic E-state index is -0.153. The molecule has 0 bridgehead atoms. The van der Waals surface area contributed by atoms with E-state index in [1.807, 2.05) is 6.92 Å². The molecule has 0 spiro atoms. The molecular weight excluding hydrogens is 368 g/mol. The maximum Gasteiger partial charge on any atom is 0.311 e. The lowest BCUT2D eigenvalue weighted by Gasteiger charge is -2.06. The average molecular weight is 407 g/mol.